The van der Waals surface area contributed by atoms with Gasteiger partial charge in [-0.25, -0.2) is 0 Å². The molecular formula is C32H38O12. The van der Waals surface area contributed by atoms with Crippen LogP contribution in [0.1, 0.15) is 35.0 Å². The molecular weight excluding hydrogens is 576 g/mol. The molecule has 0 aromatic heterocycles. The lowest BCUT2D eigenvalue weighted by atomic mass is 9.84. The van der Waals surface area contributed by atoms with E-state index in [2.05, 4.69) is 0 Å². The summed E-state index contributed by atoms with van der Waals surface area (Å²) in [6, 6.07) is 11.6. The second-order valence-electron chi connectivity index (χ2n) is 10.6. The summed E-state index contributed by atoms with van der Waals surface area (Å²) in [7, 11) is 7.22. The molecule has 12 heteroatoms. The van der Waals surface area contributed by atoms with E-state index in [0.717, 1.165) is 11.1 Å². The Morgan fingerprint density at radius 2 is 1.20 bits per heavy atom. The average molecular weight is 615 g/mol. The number of hydrogen-bond acceptors (Lipinski definition) is 12. The van der Waals surface area contributed by atoms with E-state index in [-0.39, 0.29) is 58.4 Å². The second kappa shape index (κ2) is 13.3. The van der Waals surface area contributed by atoms with Gasteiger partial charge in [0.2, 0.25) is 11.5 Å². The summed E-state index contributed by atoms with van der Waals surface area (Å²) in [5.74, 6) is 1.32. The highest BCUT2D eigenvalue weighted by atomic mass is 16.6. The van der Waals surface area contributed by atoms with Crippen LogP contribution in [0.2, 0.25) is 0 Å². The van der Waals surface area contributed by atoms with E-state index in [9.17, 15) is 20.4 Å². The van der Waals surface area contributed by atoms with Gasteiger partial charge < -0.3 is 58.3 Å². The number of aliphatic hydroxyl groups excluding tert-OH is 2. The van der Waals surface area contributed by atoms with E-state index >= 15 is 0 Å². The number of phenols is 2. The topological polar surface area (TPSA) is 155 Å². The Bertz CT molecular complexity index is 1410. The number of fused-ring (bicyclic) bond motifs is 1. The number of rotatable bonds is 12. The summed E-state index contributed by atoms with van der Waals surface area (Å²) in [6.45, 7) is 0.367. The van der Waals surface area contributed by atoms with Crippen molar-refractivity contribution in [3.63, 3.8) is 0 Å². The molecule has 12 nitrogen and oxygen atoms in total. The molecule has 0 unspecified atom stereocenters. The third kappa shape index (κ3) is 5.73. The Morgan fingerprint density at radius 1 is 0.705 bits per heavy atom. The molecule has 5 rings (SSSR count). The largest absolute Gasteiger partial charge is 0.504 e. The predicted octanol–water partition coefficient (Wildman–Crippen LogP) is 3.69. The molecule has 3 aromatic carbocycles. The van der Waals surface area contributed by atoms with Gasteiger partial charge >= 0.3 is 0 Å². The number of hydrogen-bond donors (Lipinski definition) is 4. The SMILES string of the molecule is COc1cc([C@@H]2OC[C@@H]3[C@H]2CO[C@@H]3c2cc(OC)c(O[C@H](CO)[C@H](O)c3cc(OC)c(O)c(OC)c3)c(OC)c2)ccc1O. The molecule has 44 heavy (non-hydrogen) atoms. The molecule has 2 fully saturated rings. The van der Waals surface area contributed by atoms with Crippen LogP contribution < -0.4 is 28.4 Å². The Morgan fingerprint density at radius 3 is 1.70 bits per heavy atom. The van der Waals surface area contributed by atoms with Crippen molar-refractivity contribution in [2.24, 2.45) is 11.8 Å². The molecule has 0 aliphatic carbocycles. The minimum atomic E-state index is -1.34. The van der Waals surface area contributed by atoms with E-state index in [4.69, 9.17) is 37.9 Å². The van der Waals surface area contributed by atoms with Crippen LogP contribution in [0.3, 0.4) is 0 Å². The van der Waals surface area contributed by atoms with Gasteiger partial charge in [-0.05, 0) is 53.1 Å². The van der Waals surface area contributed by atoms with Crippen LogP contribution in [-0.2, 0) is 9.47 Å². The maximum absolute atomic E-state index is 11.2. The maximum Gasteiger partial charge on any atom is 0.204 e. The average Bonchev–Trinajstić information content (AvgIpc) is 3.66. The lowest BCUT2D eigenvalue weighted by Gasteiger charge is -2.26. The van der Waals surface area contributed by atoms with Crippen molar-refractivity contribution in [1.82, 2.24) is 0 Å². The van der Waals surface area contributed by atoms with Crippen molar-refractivity contribution < 1.29 is 58.3 Å². The molecule has 4 N–H and O–H groups in total. The molecule has 238 valence electrons. The zero-order valence-electron chi connectivity index (χ0n) is 25.2. The highest BCUT2D eigenvalue weighted by Crippen LogP contribution is 2.53. The lowest BCUT2D eigenvalue weighted by Crippen LogP contribution is -2.29. The summed E-state index contributed by atoms with van der Waals surface area (Å²) in [5.41, 5.74) is 1.98. The smallest absolute Gasteiger partial charge is 0.204 e. The second-order valence-corrected chi connectivity index (χ2v) is 10.6. The normalized spacial score (nSPS) is 22.2. The van der Waals surface area contributed by atoms with Gasteiger partial charge in [0.1, 0.15) is 6.10 Å². The molecule has 6 atom stereocenters. The lowest BCUT2D eigenvalue weighted by molar-refractivity contribution is -0.00206. The predicted molar refractivity (Wildman–Crippen MR) is 156 cm³/mol. The van der Waals surface area contributed by atoms with Crippen molar-refractivity contribution in [1.29, 1.82) is 0 Å². The van der Waals surface area contributed by atoms with Crippen LogP contribution >= 0.6 is 0 Å². The van der Waals surface area contributed by atoms with Crippen molar-refractivity contribution in [3.05, 3.63) is 59.2 Å². The molecule has 2 heterocycles. The fraction of sp³-hybridized carbons (Fsp3) is 0.438. The van der Waals surface area contributed by atoms with E-state index in [0.29, 0.717) is 30.5 Å². The van der Waals surface area contributed by atoms with Crippen LogP contribution in [0.5, 0.6) is 46.0 Å². The van der Waals surface area contributed by atoms with Gasteiger partial charge in [0.05, 0.1) is 67.6 Å². The fourth-order valence-corrected chi connectivity index (χ4v) is 5.94. The van der Waals surface area contributed by atoms with Crippen LogP contribution in [-0.4, -0.2) is 81.9 Å². The zero-order chi connectivity index (χ0) is 31.5. The van der Waals surface area contributed by atoms with Gasteiger partial charge in [0, 0.05) is 11.8 Å². The van der Waals surface area contributed by atoms with Crippen molar-refractivity contribution in [2.45, 2.75) is 24.4 Å². The van der Waals surface area contributed by atoms with Gasteiger partial charge in [-0.3, -0.25) is 0 Å². The Kier molecular flexibility index (Phi) is 9.45. The first-order valence-electron chi connectivity index (χ1n) is 14.0. The minimum absolute atomic E-state index is 0.0347. The van der Waals surface area contributed by atoms with E-state index in [1.54, 1.807) is 24.3 Å². The number of benzene rings is 3. The summed E-state index contributed by atoms with van der Waals surface area (Å²) in [5, 5.41) is 41.7. The van der Waals surface area contributed by atoms with Crippen molar-refractivity contribution in [2.75, 3.05) is 55.4 Å². The van der Waals surface area contributed by atoms with Gasteiger partial charge in [-0.1, -0.05) is 6.07 Å². The highest BCUT2D eigenvalue weighted by Gasteiger charge is 2.48. The molecule has 2 aliphatic heterocycles. The van der Waals surface area contributed by atoms with Crippen molar-refractivity contribution in [3.8, 4) is 46.0 Å². The first kappa shape index (κ1) is 31.3. The quantitative estimate of drug-likeness (QED) is 0.235. The van der Waals surface area contributed by atoms with Gasteiger partial charge in [-0.15, -0.1) is 0 Å². The molecule has 2 saturated heterocycles. The highest BCUT2D eigenvalue weighted by molar-refractivity contribution is 5.56. The summed E-state index contributed by atoms with van der Waals surface area (Å²) in [6.07, 6.45) is -3.05. The first-order chi connectivity index (χ1) is 21.3. The zero-order valence-corrected chi connectivity index (χ0v) is 25.2. The third-order valence-corrected chi connectivity index (χ3v) is 8.25. The summed E-state index contributed by atoms with van der Waals surface area (Å²) >= 11 is 0. The monoisotopic (exact) mass is 614 g/mol. The molecule has 0 spiro atoms. The fourth-order valence-electron chi connectivity index (χ4n) is 5.94. The van der Waals surface area contributed by atoms with E-state index < -0.39 is 18.8 Å². The van der Waals surface area contributed by atoms with Gasteiger partial charge in [0.25, 0.3) is 0 Å². The minimum Gasteiger partial charge on any atom is -0.504 e. The van der Waals surface area contributed by atoms with Crippen LogP contribution in [0.15, 0.2) is 42.5 Å². The molecule has 2 aliphatic rings. The van der Waals surface area contributed by atoms with Gasteiger partial charge in [0.15, 0.2) is 40.6 Å². The number of methoxy groups -OCH3 is 5. The summed E-state index contributed by atoms with van der Waals surface area (Å²) < 4.78 is 45.7. The van der Waals surface area contributed by atoms with Crippen LogP contribution in [0, 0.1) is 11.8 Å². The molecule has 0 amide bonds. The Balaban J connectivity index is 1.40. The number of phenolic OH excluding ortho intramolecular Hbond substituents is 2. The van der Waals surface area contributed by atoms with E-state index in [1.807, 2.05) is 6.07 Å². The third-order valence-electron chi connectivity index (χ3n) is 8.25. The molecule has 3 aromatic rings. The van der Waals surface area contributed by atoms with E-state index in [1.165, 1.54) is 47.7 Å². The molecule has 0 radical (unpaired) electrons. The number of ether oxygens (including phenoxy) is 8. The van der Waals surface area contributed by atoms with Crippen LogP contribution in [0.4, 0.5) is 0 Å². The molecule has 0 bridgehead atoms. The summed E-state index contributed by atoms with van der Waals surface area (Å²) in [4.78, 5) is 0. The number of aromatic hydroxyl groups is 2. The number of aliphatic hydroxyl groups is 2. The van der Waals surface area contributed by atoms with Crippen molar-refractivity contribution >= 4 is 0 Å². The van der Waals surface area contributed by atoms with Crippen LogP contribution in [0.25, 0.3) is 0 Å². The first-order valence-corrected chi connectivity index (χ1v) is 14.0. The van der Waals surface area contributed by atoms with Gasteiger partial charge in [-0.2, -0.15) is 0 Å². The molecule has 0 saturated carbocycles. The Labute approximate surface area is 255 Å². The standard InChI is InChI=1S/C32H38O12/c1-37-22-8-16(6-7-21(22)34)30-19-14-43-31(20(19)15-42-30)18-11-25(40-4)32(26(12-18)41-5)44-27(13-33)28(35)17-9-23(38-2)29(36)24(10-17)39-3/h6-12,19-20,27-28,30-31,33-36H,13-15H2,1-5H3/t19-,20-,27-,28-,30+,31-/m1/s1. The maximum atomic E-state index is 11.2. The Hall–Kier alpha value is -4.10.